The molecule has 0 aliphatic rings. The Kier molecular flexibility index (Phi) is 21.5. The van der Waals surface area contributed by atoms with Crippen molar-refractivity contribution in [2.45, 2.75) is 110 Å². The third-order valence-corrected chi connectivity index (χ3v) is 4.65. The van der Waals surface area contributed by atoms with Crippen molar-refractivity contribution < 1.29 is 14.3 Å². The van der Waals surface area contributed by atoms with Crippen LogP contribution in [0.1, 0.15) is 110 Å². The van der Waals surface area contributed by atoms with Gasteiger partial charge < -0.3 is 9.47 Å². The quantitative estimate of drug-likeness (QED) is 0.132. The Morgan fingerprint density at radius 1 is 0.692 bits per heavy atom. The highest BCUT2D eigenvalue weighted by molar-refractivity contribution is 5.69. The van der Waals surface area contributed by atoms with Crippen LogP contribution in [0.3, 0.4) is 0 Å². The highest BCUT2D eigenvalue weighted by atomic mass is 16.5. The van der Waals surface area contributed by atoms with Gasteiger partial charge in [-0.15, -0.1) is 0 Å². The van der Waals surface area contributed by atoms with Gasteiger partial charge in [-0.1, -0.05) is 70.4 Å². The third kappa shape index (κ3) is 21.2. The fourth-order valence-corrected chi connectivity index (χ4v) is 2.95. The van der Waals surface area contributed by atoms with E-state index in [0.29, 0.717) is 13.0 Å². The molecule has 0 saturated heterocycles. The van der Waals surface area contributed by atoms with Crippen LogP contribution in [0.4, 0.5) is 0 Å². The maximum Gasteiger partial charge on any atom is 0.305 e. The van der Waals surface area contributed by atoms with Crippen LogP contribution in [-0.2, 0) is 14.3 Å². The summed E-state index contributed by atoms with van der Waals surface area (Å²) in [7, 11) is 1.69. The summed E-state index contributed by atoms with van der Waals surface area (Å²) in [6.45, 7) is 3.54. The largest absolute Gasteiger partial charge is 0.466 e. The first-order valence-electron chi connectivity index (χ1n) is 11.1. The first-order valence-corrected chi connectivity index (χ1v) is 11.1. The highest BCUT2D eigenvalue weighted by Crippen LogP contribution is 2.10. The lowest BCUT2D eigenvalue weighted by atomic mass is 10.1. The van der Waals surface area contributed by atoms with Crippen LogP contribution in [0.15, 0.2) is 12.2 Å². The van der Waals surface area contributed by atoms with Gasteiger partial charge in [0, 0.05) is 20.1 Å². The smallest absolute Gasteiger partial charge is 0.305 e. The maximum absolute atomic E-state index is 11.5. The van der Waals surface area contributed by atoms with E-state index in [9.17, 15) is 4.79 Å². The molecule has 0 aromatic rings. The molecule has 0 aromatic carbocycles. The molecule has 3 nitrogen and oxygen atoms in total. The van der Waals surface area contributed by atoms with Gasteiger partial charge in [-0.2, -0.15) is 0 Å². The molecule has 0 aliphatic heterocycles. The van der Waals surface area contributed by atoms with Crippen LogP contribution in [0.25, 0.3) is 0 Å². The Hall–Kier alpha value is -0.830. The number of hydrogen-bond donors (Lipinski definition) is 0. The molecular formula is C23H44O3. The Balaban J connectivity index is 3.18. The zero-order chi connectivity index (χ0) is 19.1. The van der Waals surface area contributed by atoms with Crippen molar-refractivity contribution in [3.05, 3.63) is 12.2 Å². The Bertz CT molecular complexity index is 313. The van der Waals surface area contributed by atoms with Gasteiger partial charge in [-0.05, 0) is 44.9 Å². The van der Waals surface area contributed by atoms with Gasteiger partial charge in [0.1, 0.15) is 0 Å². The van der Waals surface area contributed by atoms with E-state index in [4.69, 9.17) is 9.47 Å². The number of allylic oxidation sites excluding steroid dienone is 2. The summed E-state index contributed by atoms with van der Waals surface area (Å²) in [5.41, 5.74) is 0. The summed E-state index contributed by atoms with van der Waals surface area (Å²) in [6, 6.07) is 0. The fourth-order valence-electron chi connectivity index (χ4n) is 2.95. The SMILES string of the molecule is CCCCCCCC/C=C\CCCCCCCC(=O)OCCCCOC. The minimum absolute atomic E-state index is 0.0416. The van der Waals surface area contributed by atoms with E-state index >= 15 is 0 Å². The highest BCUT2D eigenvalue weighted by Gasteiger charge is 2.02. The van der Waals surface area contributed by atoms with Crippen molar-refractivity contribution >= 4 is 5.97 Å². The molecule has 0 amide bonds. The summed E-state index contributed by atoms with van der Waals surface area (Å²) in [5, 5.41) is 0. The lowest BCUT2D eigenvalue weighted by molar-refractivity contribution is -0.143. The van der Waals surface area contributed by atoms with Crippen LogP contribution < -0.4 is 0 Å². The summed E-state index contributed by atoms with van der Waals surface area (Å²) in [5.74, 6) is -0.0416. The van der Waals surface area contributed by atoms with Gasteiger partial charge in [0.25, 0.3) is 0 Å². The second kappa shape index (κ2) is 22.2. The monoisotopic (exact) mass is 368 g/mol. The first-order chi connectivity index (χ1) is 12.8. The lowest BCUT2D eigenvalue weighted by Gasteiger charge is -2.04. The molecule has 0 rings (SSSR count). The van der Waals surface area contributed by atoms with E-state index in [-0.39, 0.29) is 5.97 Å². The zero-order valence-electron chi connectivity index (χ0n) is 17.6. The predicted octanol–water partition coefficient (Wildman–Crippen LogP) is 6.99. The number of methoxy groups -OCH3 is 1. The molecular weight excluding hydrogens is 324 g/mol. The number of esters is 1. The van der Waals surface area contributed by atoms with Crippen molar-refractivity contribution in [2.75, 3.05) is 20.3 Å². The van der Waals surface area contributed by atoms with Crippen molar-refractivity contribution in [1.82, 2.24) is 0 Å². The number of ether oxygens (including phenoxy) is 2. The number of carbonyl (C=O) groups is 1. The summed E-state index contributed by atoms with van der Waals surface area (Å²) < 4.78 is 10.2. The van der Waals surface area contributed by atoms with Gasteiger partial charge in [0.05, 0.1) is 6.61 Å². The van der Waals surface area contributed by atoms with E-state index in [1.807, 2.05) is 0 Å². The molecule has 0 fully saturated rings. The molecule has 0 atom stereocenters. The molecule has 0 spiro atoms. The third-order valence-electron chi connectivity index (χ3n) is 4.65. The second-order valence-corrected chi connectivity index (χ2v) is 7.25. The van der Waals surface area contributed by atoms with Crippen LogP contribution in [0.2, 0.25) is 0 Å². The van der Waals surface area contributed by atoms with Crippen molar-refractivity contribution in [3.63, 3.8) is 0 Å². The molecule has 0 aliphatic carbocycles. The number of carbonyl (C=O) groups excluding carboxylic acids is 1. The Morgan fingerprint density at radius 3 is 1.85 bits per heavy atom. The topological polar surface area (TPSA) is 35.5 Å². The van der Waals surface area contributed by atoms with Crippen LogP contribution >= 0.6 is 0 Å². The normalized spacial score (nSPS) is 11.3. The van der Waals surface area contributed by atoms with Crippen LogP contribution in [0, 0.1) is 0 Å². The van der Waals surface area contributed by atoms with Gasteiger partial charge in [0.2, 0.25) is 0 Å². The Labute approximate surface area is 162 Å². The summed E-state index contributed by atoms with van der Waals surface area (Å²) in [4.78, 5) is 11.5. The average molecular weight is 369 g/mol. The molecule has 0 N–H and O–H groups in total. The first kappa shape index (κ1) is 25.2. The maximum atomic E-state index is 11.5. The van der Waals surface area contributed by atoms with E-state index in [2.05, 4.69) is 19.1 Å². The number of rotatable bonds is 20. The Morgan fingerprint density at radius 2 is 1.23 bits per heavy atom. The van der Waals surface area contributed by atoms with Gasteiger partial charge in [-0.3, -0.25) is 4.79 Å². The minimum atomic E-state index is -0.0416. The lowest BCUT2D eigenvalue weighted by Crippen LogP contribution is -2.06. The molecule has 0 saturated carbocycles. The summed E-state index contributed by atoms with van der Waals surface area (Å²) in [6.07, 6.45) is 23.8. The zero-order valence-corrected chi connectivity index (χ0v) is 17.6. The van der Waals surface area contributed by atoms with Gasteiger partial charge in [-0.25, -0.2) is 0 Å². The van der Waals surface area contributed by atoms with Gasteiger partial charge >= 0.3 is 5.97 Å². The van der Waals surface area contributed by atoms with Crippen LogP contribution in [0.5, 0.6) is 0 Å². The predicted molar refractivity (Wildman–Crippen MR) is 112 cm³/mol. The standard InChI is InChI=1S/C23H44O3/c1-3-4-5-6-7-8-9-10-11-12-13-14-15-16-17-20-23(24)26-22-19-18-21-25-2/h10-11H,3-9,12-22H2,1-2H3/b11-10-. The van der Waals surface area contributed by atoms with Gasteiger partial charge in [0.15, 0.2) is 0 Å². The molecule has 0 aromatic heterocycles. The molecule has 3 heteroatoms. The van der Waals surface area contributed by atoms with E-state index in [1.165, 1.54) is 70.6 Å². The van der Waals surface area contributed by atoms with E-state index in [0.717, 1.165) is 32.3 Å². The minimum Gasteiger partial charge on any atom is -0.466 e. The number of unbranched alkanes of at least 4 members (excludes halogenated alkanes) is 12. The van der Waals surface area contributed by atoms with E-state index < -0.39 is 0 Å². The number of hydrogen-bond acceptors (Lipinski definition) is 3. The summed E-state index contributed by atoms with van der Waals surface area (Å²) >= 11 is 0. The van der Waals surface area contributed by atoms with Crippen molar-refractivity contribution in [2.24, 2.45) is 0 Å². The second-order valence-electron chi connectivity index (χ2n) is 7.25. The van der Waals surface area contributed by atoms with Crippen molar-refractivity contribution in [1.29, 1.82) is 0 Å². The van der Waals surface area contributed by atoms with Crippen LogP contribution in [-0.4, -0.2) is 26.3 Å². The molecule has 154 valence electrons. The molecule has 0 heterocycles. The molecule has 26 heavy (non-hydrogen) atoms. The molecule has 0 bridgehead atoms. The average Bonchev–Trinajstić information content (AvgIpc) is 2.64. The van der Waals surface area contributed by atoms with Crippen molar-refractivity contribution in [3.8, 4) is 0 Å². The molecule has 0 unspecified atom stereocenters. The fraction of sp³-hybridized carbons (Fsp3) is 0.870. The van der Waals surface area contributed by atoms with E-state index in [1.54, 1.807) is 7.11 Å². The molecule has 0 radical (unpaired) electrons.